The smallest absolute Gasteiger partial charge is 0.306 e. The van der Waals surface area contributed by atoms with Gasteiger partial charge >= 0.3 is 11.8 Å². The summed E-state index contributed by atoms with van der Waals surface area (Å²) in [6.07, 6.45) is 0. The number of anilines is 1. The number of carbonyl (C=O) groups excluding carboxylic acids is 1. The van der Waals surface area contributed by atoms with Gasteiger partial charge in [0.2, 0.25) is 5.89 Å². The number of hydrogen-bond donors (Lipinski definition) is 2. The van der Waals surface area contributed by atoms with Crippen LogP contribution < -0.4 is 11.1 Å². The van der Waals surface area contributed by atoms with Crippen molar-refractivity contribution in [1.82, 2.24) is 10.2 Å². The molecule has 0 saturated heterocycles. The number of nitrogens with two attached hydrogens (primary N) is 1. The van der Waals surface area contributed by atoms with E-state index in [1.165, 1.54) is 12.1 Å². The molecular weight excluding hydrogens is 335 g/mol. The van der Waals surface area contributed by atoms with Crippen LogP contribution in [0.2, 0.25) is 5.02 Å². The number of hydrogen-bond acceptors (Lipinski definition) is 5. The average molecular weight is 347 g/mol. The molecule has 1 aromatic heterocycles. The van der Waals surface area contributed by atoms with Crippen molar-refractivity contribution in [3.63, 3.8) is 0 Å². The predicted octanol–water partition coefficient (Wildman–Crippen LogP) is 3.16. The van der Waals surface area contributed by atoms with Crippen molar-refractivity contribution in [1.29, 1.82) is 0 Å². The Bertz CT molecular complexity index is 867. The lowest BCUT2D eigenvalue weighted by molar-refractivity contribution is 0.0965. The molecule has 1 atom stereocenters. The number of nitrogens with one attached hydrogen (secondary N) is 1. The van der Waals surface area contributed by atoms with Gasteiger partial charge in [-0.25, -0.2) is 4.39 Å². The van der Waals surface area contributed by atoms with E-state index in [0.717, 1.165) is 5.56 Å². The van der Waals surface area contributed by atoms with E-state index in [1.807, 2.05) is 0 Å². The topological polar surface area (TPSA) is 94.0 Å². The van der Waals surface area contributed by atoms with Crippen LogP contribution in [0.3, 0.4) is 0 Å². The van der Waals surface area contributed by atoms with Crippen molar-refractivity contribution < 1.29 is 13.6 Å². The number of nitrogens with zero attached hydrogens (tertiary/aromatic N) is 2. The summed E-state index contributed by atoms with van der Waals surface area (Å²) in [5.41, 5.74) is 6.49. The van der Waals surface area contributed by atoms with Crippen LogP contribution in [0.25, 0.3) is 0 Å². The molecule has 24 heavy (non-hydrogen) atoms. The number of carbonyl (C=O) groups is 1. The molecule has 0 aliphatic heterocycles. The summed E-state index contributed by atoms with van der Waals surface area (Å²) < 4.78 is 18.4. The van der Waals surface area contributed by atoms with E-state index >= 15 is 0 Å². The summed E-state index contributed by atoms with van der Waals surface area (Å²) in [6.45, 7) is 0. The fourth-order valence-electron chi connectivity index (χ4n) is 2.14. The number of halogens is 2. The van der Waals surface area contributed by atoms with Gasteiger partial charge in [-0.1, -0.05) is 23.7 Å². The average Bonchev–Trinajstić information content (AvgIpc) is 3.04. The molecule has 0 spiro atoms. The van der Waals surface area contributed by atoms with Gasteiger partial charge in [0.05, 0.1) is 0 Å². The van der Waals surface area contributed by atoms with E-state index in [0.29, 0.717) is 10.7 Å². The van der Waals surface area contributed by atoms with Crippen molar-refractivity contribution >= 4 is 23.2 Å². The standard InChI is InChI=1S/C16H12ClFN4O2/c17-10-3-1-2-9(8-10)13(15-21-22-16(24-15)14(19)23)20-12-6-4-11(18)5-7-12/h1-8,13,20H,(H2,19,23). The zero-order chi connectivity index (χ0) is 17.1. The van der Waals surface area contributed by atoms with Gasteiger partial charge in [0.25, 0.3) is 0 Å². The summed E-state index contributed by atoms with van der Waals surface area (Å²) in [4.78, 5) is 11.2. The number of aromatic nitrogens is 2. The third-order valence-electron chi connectivity index (χ3n) is 3.24. The molecule has 3 aromatic rings. The van der Waals surface area contributed by atoms with Crippen LogP contribution in [0.4, 0.5) is 10.1 Å². The van der Waals surface area contributed by atoms with Crippen molar-refractivity contribution in [3.05, 3.63) is 76.7 Å². The van der Waals surface area contributed by atoms with Gasteiger partial charge in [0.1, 0.15) is 11.9 Å². The SMILES string of the molecule is NC(=O)c1nnc(C(Nc2ccc(F)cc2)c2cccc(Cl)c2)o1. The summed E-state index contributed by atoms with van der Waals surface area (Å²) >= 11 is 6.04. The molecular formula is C16H12ClFN4O2. The normalized spacial score (nSPS) is 11.9. The first-order valence-corrected chi connectivity index (χ1v) is 7.31. The highest BCUT2D eigenvalue weighted by atomic mass is 35.5. The lowest BCUT2D eigenvalue weighted by Crippen LogP contribution is -2.13. The number of benzene rings is 2. The molecule has 0 saturated carbocycles. The van der Waals surface area contributed by atoms with Gasteiger partial charge in [0.15, 0.2) is 0 Å². The summed E-state index contributed by atoms with van der Waals surface area (Å²) in [5, 5.41) is 11.1. The third-order valence-corrected chi connectivity index (χ3v) is 3.47. The molecule has 0 bridgehead atoms. The van der Waals surface area contributed by atoms with Crippen molar-refractivity contribution in [2.45, 2.75) is 6.04 Å². The Morgan fingerprint density at radius 2 is 1.96 bits per heavy atom. The van der Waals surface area contributed by atoms with Crippen LogP contribution in [0.1, 0.15) is 28.2 Å². The molecule has 0 radical (unpaired) electrons. The van der Waals surface area contributed by atoms with Crippen molar-refractivity contribution in [3.8, 4) is 0 Å². The molecule has 0 aliphatic rings. The first-order valence-electron chi connectivity index (χ1n) is 6.93. The van der Waals surface area contributed by atoms with Gasteiger partial charge in [-0.05, 0) is 42.0 Å². The fourth-order valence-corrected chi connectivity index (χ4v) is 2.34. The Labute approximate surface area is 141 Å². The minimum Gasteiger partial charge on any atom is -0.414 e. The van der Waals surface area contributed by atoms with Gasteiger partial charge in [-0.2, -0.15) is 0 Å². The number of amides is 1. The molecule has 3 rings (SSSR count). The van der Waals surface area contributed by atoms with Gasteiger partial charge in [0, 0.05) is 10.7 Å². The highest BCUT2D eigenvalue weighted by molar-refractivity contribution is 6.30. The van der Waals surface area contributed by atoms with Crippen molar-refractivity contribution in [2.24, 2.45) is 5.73 Å². The van der Waals surface area contributed by atoms with E-state index in [2.05, 4.69) is 15.5 Å². The van der Waals surface area contributed by atoms with Gasteiger partial charge in [-0.3, -0.25) is 4.79 Å². The Balaban J connectivity index is 1.99. The minimum absolute atomic E-state index is 0.135. The number of rotatable bonds is 5. The second-order valence-corrected chi connectivity index (χ2v) is 5.39. The molecule has 0 aliphatic carbocycles. The second kappa shape index (κ2) is 6.67. The van der Waals surface area contributed by atoms with Crippen LogP contribution >= 0.6 is 11.6 Å². The van der Waals surface area contributed by atoms with E-state index in [9.17, 15) is 9.18 Å². The fraction of sp³-hybridized carbons (Fsp3) is 0.0625. The highest BCUT2D eigenvalue weighted by Crippen LogP contribution is 2.27. The first-order chi connectivity index (χ1) is 11.5. The first kappa shape index (κ1) is 15.9. The largest absolute Gasteiger partial charge is 0.414 e. The predicted molar refractivity (Wildman–Crippen MR) is 86.1 cm³/mol. The van der Waals surface area contributed by atoms with Crippen LogP contribution in [0.5, 0.6) is 0 Å². The zero-order valence-electron chi connectivity index (χ0n) is 12.2. The highest BCUT2D eigenvalue weighted by Gasteiger charge is 2.22. The molecule has 6 nitrogen and oxygen atoms in total. The Kier molecular flexibility index (Phi) is 4.43. The number of primary amides is 1. The summed E-state index contributed by atoms with van der Waals surface area (Å²) in [7, 11) is 0. The van der Waals surface area contributed by atoms with Crippen molar-refractivity contribution in [2.75, 3.05) is 5.32 Å². The molecule has 1 amide bonds. The zero-order valence-corrected chi connectivity index (χ0v) is 13.0. The summed E-state index contributed by atoms with van der Waals surface area (Å²) in [5.74, 6) is -1.33. The summed E-state index contributed by atoms with van der Waals surface area (Å²) in [6, 6.07) is 12.2. The maximum absolute atomic E-state index is 13.1. The van der Waals surface area contributed by atoms with E-state index < -0.39 is 11.9 Å². The monoisotopic (exact) mass is 346 g/mol. The lowest BCUT2D eigenvalue weighted by atomic mass is 10.1. The molecule has 122 valence electrons. The quantitative estimate of drug-likeness (QED) is 0.740. The Morgan fingerprint density at radius 1 is 1.21 bits per heavy atom. The van der Waals surface area contributed by atoms with Gasteiger partial charge in [-0.15, -0.1) is 10.2 Å². The third kappa shape index (κ3) is 3.52. The van der Waals surface area contributed by atoms with Crippen LogP contribution in [-0.2, 0) is 0 Å². The Morgan fingerprint density at radius 3 is 2.58 bits per heavy atom. The maximum atomic E-state index is 13.1. The van der Waals surface area contributed by atoms with Crippen LogP contribution in [0.15, 0.2) is 52.9 Å². The molecule has 1 heterocycles. The second-order valence-electron chi connectivity index (χ2n) is 4.95. The lowest BCUT2D eigenvalue weighted by Gasteiger charge is -2.17. The van der Waals surface area contributed by atoms with E-state index in [4.69, 9.17) is 21.8 Å². The van der Waals surface area contributed by atoms with Crippen LogP contribution in [-0.4, -0.2) is 16.1 Å². The Hall–Kier alpha value is -2.93. The molecule has 0 fully saturated rings. The van der Waals surface area contributed by atoms with Gasteiger partial charge < -0.3 is 15.5 Å². The molecule has 3 N–H and O–H groups in total. The van der Waals surface area contributed by atoms with Crippen LogP contribution in [0, 0.1) is 5.82 Å². The van der Waals surface area contributed by atoms with E-state index in [-0.39, 0.29) is 17.6 Å². The molecule has 1 unspecified atom stereocenters. The molecule has 8 heteroatoms. The van der Waals surface area contributed by atoms with E-state index in [1.54, 1.807) is 36.4 Å². The maximum Gasteiger partial charge on any atom is 0.306 e. The molecule has 2 aromatic carbocycles. The minimum atomic E-state index is -0.819.